The standard InChI is InChI=1S/C43H37ClIN3O3S/c1-2-50-38-22-28(21-37(45)41(38)51-26-27-13-15-31(44)16-14-27)23-39-42(49)47-43(52-39)46-32-24-35-33(29-9-5-3-6-10-29)17-19-48-20-18-34(36(25-32)40(35)48)30-11-7-4-8-12-30/h3-16,21-25,33-34H,2,17-20,26H2,1H3,(H,46,47,49)/b39-23-/t33-,34-/m1/s1. The molecule has 6 nitrogen and oxygen atoms in total. The zero-order chi connectivity index (χ0) is 35.6. The van der Waals surface area contributed by atoms with Gasteiger partial charge in [-0.1, -0.05) is 84.4 Å². The van der Waals surface area contributed by atoms with E-state index >= 15 is 0 Å². The Kier molecular flexibility index (Phi) is 10.3. The lowest BCUT2D eigenvalue weighted by Crippen LogP contribution is -2.37. The summed E-state index contributed by atoms with van der Waals surface area (Å²) < 4.78 is 13.1. The Hall–Kier alpha value is -4.25. The number of amidine groups is 1. The molecule has 0 saturated carbocycles. The molecule has 3 aliphatic rings. The molecule has 5 aromatic carbocycles. The van der Waals surface area contributed by atoms with Crippen LogP contribution in [0.2, 0.25) is 5.02 Å². The van der Waals surface area contributed by atoms with E-state index in [1.165, 1.54) is 39.7 Å². The quantitative estimate of drug-likeness (QED) is 0.118. The van der Waals surface area contributed by atoms with Crippen molar-refractivity contribution in [2.24, 2.45) is 4.99 Å². The summed E-state index contributed by atoms with van der Waals surface area (Å²) in [6, 6.07) is 37.6. The molecule has 1 N–H and O–H groups in total. The smallest absolute Gasteiger partial charge is 0.264 e. The number of ether oxygens (including phenoxy) is 2. The maximum absolute atomic E-state index is 13.4. The second kappa shape index (κ2) is 15.4. The van der Waals surface area contributed by atoms with Crippen molar-refractivity contribution in [3.05, 3.63) is 156 Å². The van der Waals surface area contributed by atoms with Crippen molar-refractivity contribution in [2.45, 2.75) is 38.2 Å². The van der Waals surface area contributed by atoms with Gasteiger partial charge in [0.1, 0.15) is 6.61 Å². The minimum absolute atomic E-state index is 0.172. The molecule has 8 rings (SSSR count). The monoisotopic (exact) mass is 837 g/mol. The summed E-state index contributed by atoms with van der Waals surface area (Å²) in [4.78, 5) is 21.6. The van der Waals surface area contributed by atoms with Crippen LogP contribution in [0, 0.1) is 3.57 Å². The SMILES string of the molecule is CCOc1cc(/C=C2\SC(=Nc3cc4c5c(c3)[C@@H](c3ccccc3)CCN5CC[C@@H]4c3ccccc3)NC2=O)cc(I)c1OCc1ccc(Cl)cc1. The fourth-order valence-corrected chi connectivity index (χ4v) is 9.21. The van der Waals surface area contributed by atoms with Crippen LogP contribution in [0.5, 0.6) is 11.5 Å². The average Bonchev–Trinajstić information content (AvgIpc) is 3.50. The van der Waals surface area contributed by atoms with Gasteiger partial charge in [-0.15, -0.1) is 0 Å². The lowest BCUT2D eigenvalue weighted by atomic mass is 9.76. The van der Waals surface area contributed by atoms with Gasteiger partial charge in [0, 0.05) is 35.6 Å². The van der Waals surface area contributed by atoms with Gasteiger partial charge >= 0.3 is 0 Å². The molecule has 3 heterocycles. The maximum Gasteiger partial charge on any atom is 0.264 e. The average molecular weight is 838 g/mol. The zero-order valence-electron chi connectivity index (χ0n) is 28.7. The van der Waals surface area contributed by atoms with Crippen LogP contribution in [-0.2, 0) is 11.4 Å². The van der Waals surface area contributed by atoms with E-state index in [1.54, 1.807) is 0 Å². The summed E-state index contributed by atoms with van der Waals surface area (Å²) in [6.07, 6.45) is 4.00. The van der Waals surface area contributed by atoms with Gasteiger partial charge in [-0.05, 0) is 130 Å². The Balaban J connectivity index is 1.11. The highest BCUT2D eigenvalue weighted by atomic mass is 127. The van der Waals surface area contributed by atoms with Crippen molar-refractivity contribution in [3.63, 3.8) is 0 Å². The van der Waals surface area contributed by atoms with Crippen LogP contribution in [0.15, 0.2) is 119 Å². The minimum Gasteiger partial charge on any atom is -0.490 e. The summed E-state index contributed by atoms with van der Waals surface area (Å²) in [5.41, 5.74) is 9.35. The van der Waals surface area contributed by atoms with Gasteiger partial charge < -0.3 is 19.7 Å². The number of halogens is 2. The number of nitrogens with zero attached hydrogens (tertiary/aromatic N) is 2. The summed E-state index contributed by atoms with van der Waals surface area (Å²) in [6.45, 7) is 4.88. The topological polar surface area (TPSA) is 63.2 Å². The van der Waals surface area contributed by atoms with Crippen LogP contribution in [0.3, 0.4) is 0 Å². The van der Waals surface area contributed by atoms with Gasteiger partial charge in [-0.2, -0.15) is 0 Å². The first-order valence-electron chi connectivity index (χ1n) is 17.6. The van der Waals surface area contributed by atoms with Gasteiger partial charge in [0.15, 0.2) is 16.7 Å². The number of carbonyl (C=O) groups is 1. The lowest BCUT2D eigenvalue weighted by molar-refractivity contribution is -0.115. The third-order valence-corrected chi connectivity index (χ3v) is 11.8. The fraction of sp³-hybridized carbons (Fsp3) is 0.209. The number of nitrogens with one attached hydrogen (secondary N) is 1. The fourth-order valence-electron chi connectivity index (χ4n) is 7.46. The molecule has 9 heteroatoms. The molecule has 0 unspecified atom stereocenters. The predicted octanol–water partition coefficient (Wildman–Crippen LogP) is 10.7. The first-order chi connectivity index (χ1) is 25.4. The van der Waals surface area contributed by atoms with Crippen LogP contribution in [0.1, 0.15) is 65.0 Å². The van der Waals surface area contributed by atoms with E-state index in [0.717, 1.165) is 46.3 Å². The molecule has 0 radical (unpaired) electrons. The first kappa shape index (κ1) is 34.8. The largest absolute Gasteiger partial charge is 0.490 e. The molecule has 5 aromatic rings. The van der Waals surface area contributed by atoms with E-state index in [9.17, 15) is 4.79 Å². The van der Waals surface area contributed by atoms with Crippen LogP contribution in [0.4, 0.5) is 11.4 Å². The number of amides is 1. The summed E-state index contributed by atoms with van der Waals surface area (Å²) in [5, 5.41) is 4.29. The number of rotatable bonds is 9. The van der Waals surface area contributed by atoms with E-state index in [4.69, 9.17) is 26.1 Å². The number of benzene rings is 5. The van der Waals surface area contributed by atoms with Crippen LogP contribution >= 0.6 is 46.0 Å². The maximum atomic E-state index is 13.4. The van der Waals surface area contributed by atoms with E-state index < -0.39 is 0 Å². The Labute approximate surface area is 327 Å². The van der Waals surface area contributed by atoms with Crippen molar-refractivity contribution >= 4 is 74.5 Å². The summed E-state index contributed by atoms with van der Waals surface area (Å²) in [5.74, 6) is 1.69. The van der Waals surface area contributed by atoms with Gasteiger partial charge in [0.2, 0.25) is 0 Å². The molecule has 1 fully saturated rings. The number of aliphatic imine (C=N–C) groups is 1. The molecule has 3 aliphatic heterocycles. The molecule has 0 spiro atoms. The lowest BCUT2D eigenvalue weighted by Gasteiger charge is -2.43. The number of hydrogen-bond acceptors (Lipinski definition) is 6. The van der Waals surface area contributed by atoms with Crippen molar-refractivity contribution in [1.82, 2.24) is 5.32 Å². The molecule has 1 saturated heterocycles. The van der Waals surface area contributed by atoms with Crippen molar-refractivity contribution < 1.29 is 14.3 Å². The highest BCUT2D eigenvalue weighted by Crippen LogP contribution is 2.50. The molecule has 2 atom stereocenters. The van der Waals surface area contributed by atoms with Gasteiger partial charge in [-0.3, -0.25) is 4.79 Å². The van der Waals surface area contributed by atoms with Gasteiger partial charge in [-0.25, -0.2) is 4.99 Å². The molecule has 0 bridgehead atoms. The molecule has 262 valence electrons. The number of carbonyl (C=O) groups excluding carboxylic acids is 1. The first-order valence-corrected chi connectivity index (χ1v) is 19.9. The van der Waals surface area contributed by atoms with E-state index in [0.29, 0.717) is 39.8 Å². The Morgan fingerprint density at radius 3 is 2.13 bits per heavy atom. The minimum atomic E-state index is -0.172. The predicted molar refractivity (Wildman–Crippen MR) is 221 cm³/mol. The Bertz CT molecular complexity index is 2100. The Morgan fingerprint density at radius 2 is 1.52 bits per heavy atom. The third kappa shape index (κ3) is 7.34. The van der Waals surface area contributed by atoms with Crippen LogP contribution in [0.25, 0.3) is 6.08 Å². The molecule has 1 amide bonds. The highest BCUT2D eigenvalue weighted by molar-refractivity contribution is 14.1. The van der Waals surface area contributed by atoms with Crippen LogP contribution in [-0.4, -0.2) is 30.8 Å². The van der Waals surface area contributed by atoms with Gasteiger partial charge in [0.25, 0.3) is 5.91 Å². The van der Waals surface area contributed by atoms with Crippen LogP contribution < -0.4 is 19.7 Å². The molecule has 52 heavy (non-hydrogen) atoms. The summed E-state index contributed by atoms with van der Waals surface area (Å²) >= 11 is 9.68. The summed E-state index contributed by atoms with van der Waals surface area (Å²) in [7, 11) is 0. The van der Waals surface area contributed by atoms with Crippen molar-refractivity contribution in [3.8, 4) is 11.5 Å². The van der Waals surface area contributed by atoms with E-state index in [2.05, 4.69) is 106 Å². The van der Waals surface area contributed by atoms with Crippen molar-refractivity contribution in [2.75, 3.05) is 24.6 Å². The third-order valence-electron chi connectivity index (χ3n) is 9.81. The normalized spacial score (nSPS) is 19.4. The second-order valence-electron chi connectivity index (χ2n) is 13.1. The highest BCUT2D eigenvalue weighted by Gasteiger charge is 2.35. The molecular weight excluding hydrogens is 801 g/mol. The molecule has 0 aromatic heterocycles. The molecular formula is C43H37ClIN3O3S. The number of thioether (sulfide) groups is 1. The second-order valence-corrected chi connectivity index (χ2v) is 15.8. The number of anilines is 1. The number of hydrogen-bond donors (Lipinski definition) is 1. The zero-order valence-corrected chi connectivity index (χ0v) is 32.4. The van der Waals surface area contributed by atoms with E-state index in [1.807, 2.05) is 49.4 Å². The van der Waals surface area contributed by atoms with Gasteiger partial charge in [0.05, 0.1) is 20.8 Å². The van der Waals surface area contributed by atoms with Crippen molar-refractivity contribution in [1.29, 1.82) is 0 Å². The van der Waals surface area contributed by atoms with E-state index in [-0.39, 0.29) is 17.7 Å². The Morgan fingerprint density at radius 1 is 0.885 bits per heavy atom. The molecule has 0 aliphatic carbocycles.